The second kappa shape index (κ2) is 19.4. The zero-order valence-electron chi connectivity index (χ0n) is 16.0. The van der Waals surface area contributed by atoms with Crippen LogP contribution in [0.3, 0.4) is 0 Å². The van der Waals surface area contributed by atoms with Crippen molar-refractivity contribution >= 4 is 11.8 Å². The molecule has 0 fully saturated rings. The Hall–Kier alpha value is 0.350. The van der Waals surface area contributed by atoms with Gasteiger partial charge >= 0.3 is 0 Å². The second-order valence-corrected chi connectivity index (χ2v) is 8.31. The third-order valence-corrected chi connectivity index (χ3v) is 6.42. The lowest BCUT2D eigenvalue weighted by atomic mass is 10.0. The van der Waals surface area contributed by atoms with E-state index >= 15 is 0 Å². The van der Waals surface area contributed by atoms with Gasteiger partial charge in [-0.2, -0.15) is 11.8 Å². The molecule has 0 aromatic heterocycles. The van der Waals surface area contributed by atoms with Crippen LogP contribution in [-0.2, 0) is 0 Å². The van der Waals surface area contributed by atoms with E-state index in [2.05, 4.69) is 32.5 Å². The highest BCUT2D eigenvalue weighted by Crippen LogP contribution is 2.20. The Labute approximate surface area is 146 Å². The number of thioether (sulfide) groups is 1. The van der Waals surface area contributed by atoms with E-state index in [1.54, 1.807) is 0 Å². The summed E-state index contributed by atoms with van der Waals surface area (Å²) in [6, 6.07) is 0. The van der Waals surface area contributed by atoms with Crippen molar-refractivity contribution in [2.24, 2.45) is 0 Å². The summed E-state index contributed by atoms with van der Waals surface area (Å²) in [5, 5.41) is 0.918. The van der Waals surface area contributed by atoms with Crippen LogP contribution < -0.4 is 0 Å². The normalized spacial score (nSPS) is 11.5. The topological polar surface area (TPSA) is 0 Å². The van der Waals surface area contributed by atoms with Crippen LogP contribution in [0.25, 0.3) is 0 Å². The lowest BCUT2D eigenvalue weighted by Crippen LogP contribution is -1.99. The minimum atomic E-state index is 0.918. The predicted octanol–water partition coefficient (Wildman–Crippen LogP) is 8.39. The van der Waals surface area contributed by atoms with E-state index in [0.717, 1.165) is 5.25 Å². The summed E-state index contributed by atoms with van der Waals surface area (Å²) in [7, 11) is 0. The first kappa shape index (κ1) is 22.4. The third-order valence-electron chi connectivity index (χ3n) is 4.76. The van der Waals surface area contributed by atoms with Gasteiger partial charge in [0.25, 0.3) is 0 Å². The lowest BCUT2D eigenvalue weighted by Gasteiger charge is -2.11. The molecule has 0 N–H and O–H groups in total. The van der Waals surface area contributed by atoms with Crippen molar-refractivity contribution in [1.29, 1.82) is 0 Å². The van der Waals surface area contributed by atoms with Gasteiger partial charge in [0.2, 0.25) is 0 Å². The van der Waals surface area contributed by atoms with Crippen LogP contribution in [0.4, 0.5) is 0 Å². The maximum atomic E-state index is 2.33. The van der Waals surface area contributed by atoms with Gasteiger partial charge in [0.05, 0.1) is 0 Å². The fourth-order valence-electron chi connectivity index (χ4n) is 3.07. The number of rotatable bonds is 18. The molecule has 0 spiro atoms. The highest BCUT2D eigenvalue weighted by molar-refractivity contribution is 7.99. The third kappa shape index (κ3) is 16.7. The van der Waals surface area contributed by atoms with Crippen molar-refractivity contribution in [3.05, 3.63) is 0 Å². The molecule has 0 bridgehead atoms. The lowest BCUT2D eigenvalue weighted by molar-refractivity contribution is 0.538. The molecule has 0 aliphatic heterocycles. The summed E-state index contributed by atoms with van der Waals surface area (Å²) in [5.74, 6) is 1.39. The maximum absolute atomic E-state index is 2.33. The van der Waals surface area contributed by atoms with Crippen molar-refractivity contribution in [3.63, 3.8) is 0 Å². The van der Waals surface area contributed by atoms with Gasteiger partial charge in [-0.1, -0.05) is 104 Å². The fraction of sp³-hybridized carbons (Fsp3) is 1.00. The summed E-state index contributed by atoms with van der Waals surface area (Å²) in [5.41, 5.74) is 0. The van der Waals surface area contributed by atoms with E-state index in [1.807, 2.05) is 0 Å². The molecule has 134 valence electrons. The highest BCUT2D eigenvalue weighted by Gasteiger charge is 2.02. The number of hydrogen-bond acceptors (Lipinski definition) is 1. The molecule has 0 nitrogen and oxygen atoms in total. The Morgan fingerprint density at radius 2 is 0.864 bits per heavy atom. The smallest absolute Gasteiger partial charge is 0.00418 e. The SMILES string of the molecule is CCCCCCCCCCCCCCCCSC(CC)CC. The van der Waals surface area contributed by atoms with Gasteiger partial charge in [-0.15, -0.1) is 0 Å². The van der Waals surface area contributed by atoms with Crippen molar-refractivity contribution in [1.82, 2.24) is 0 Å². The summed E-state index contributed by atoms with van der Waals surface area (Å²) in [4.78, 5) is 0. The van der Waals surface area contributed by atoms with Crippen LogP contribution in [0, 0.1) is 0 Å². The average Bonchev–Trinajstić information content (AvgIpc) is 2.55. The minimum Gasteiger partial charge on any atom is -0.159 e. The molecule has 0 amide bonds. The molecule has 0 aromatic carbocycles. The summed E-state index contributed by atoms with van der Waals surface area (Å²) in [6.45, 7) is 6.95. The summed E-state index contributed by atoms with van der Waals surface area (Å²) < 4.78 is 0. The van der Waals surface area contributed by atoms with Crippen LogP contribution in [0.5, 0.6) is 0 Å². The zero-order chi connectivity index (χ0) is 16.3. The summed E-state index contributed by atoms with van der Waals surface area (Å²) >= 11 is 2.21. The van der Waals surface area contributed by atoms with E-state index in [-0.39, 0.29) is 0 Å². The maximum Gasteiger partial charge on any atom is 0.00418 e. The quantitative estimate of drug-likeness (QED) is 0.228. The van der Waals surface area contributed by atoms with Crippen molar-refractivity contribution < 1.29 is 0 Å². The van der Waals surface area contributed by atoms with Crippen LogP contribution >= 0.6 is 11.8 Å². The monoisotopic (exact) mass is 328 g/mol. The van der Waals surface area contributed by atoms with Crippen LogP contribution in [0.15, 0.2) is 0 Å². The molecule has 0 heterocycles. The molecule has 1 heteroatoms. The standard InChI is InChI=1S/C21H44S/c1-4-7-8-9-10-11-12-13-14-15-16-17-18-19-20-22-21(5-2)6-3/h21H,4-20H2,1-3H3. The number of hydrogen-bond donors (Lipinski definition) is 0. The molecular formula is C21H44S. The van der Waals surface area contributed by atoms with Crippen LogP contribution in [0.2, 0.25) is 0 Å². The molecule has 0 aromatic rings. The first-order valence-electron chi connectivity index (χ1n) is 10.5. The molecule has 0 atom stereocenters. The van der Waals surface area contributed by atoms with E-state index in [0.29, 0.717) is 0 Å². The largest absolute Gasteiger partial charge is 0.159 e. The highest BCUT2D eigenvalue weighted by atomic mass is 32.2. The number of unbranched alkanes of at least 4 members (excludes halogenated alkanes) is 13. The van der Waals surface area contributed by atoms with Gasteiger partial charge < -0.3 is 0 Å². The molecule has 0 rings (SSSR count). The Morgan fingerprint density at radius 1 is 0.500 bits per heavy atom. The molecule has 0 aliphatic carbocycles. The van der Waals surface area contributed by atoms with Crippen molar-refractivity contribution in [2.45, 2.75) is 129 Å². The Balaban J connectivity index is 3.02. The molecule has 0 unspecified atom stereocenters. The van der Waals surface area contributed by atoms with E-state index < -0.39 is 0 Å². The average molecular weight is 329 g/mol. The van der Waals surface area contributed by atoms with Gasteiger partial charge in [-0.25, -0.2) is 0 Å². The van der Waals surface area contributed by atoms with E-state index in [9.17, 15) is 0 Å². The van der Waals surface area contributed by atoms with E-state index in [4.69, 9.17) is 0 Å². The van der Waals surface area contributed by atoms with Gasteiger partial charge in [0, 0.05) is 5.25 Å². The van der Waals surface area contributed by atoms with Crippen LogP contribution in [-0.4, -0.2) is 11.0 Å². The first-order valence-corrected chi connectivity index (χ1v) is 11.5. The molecule has 0 saturated carbocycles. The van der Waals surface area contributed by atoms with Gasteiger partial charge in [0.1, 0.15) is 0 Å². The van der Waals surface area contributed by atoms with Crippen molar-refractivity contribution in [3.8, 4) is 0 Å². The summed E-state index contributed by atoms with van der Waals surface area (Å²) in [6.07, 6.45) is 23.2. The minimum absolute atomic E-state index is 0.918. The zero-order valence-corrected chi connectivity index (χ0v) is 16.8. The van der Waals surface area contributed by atoms with Crippen molar-refractivity contribution in [2.75, 3.05) is 5.75 Å². The van der Waals surface area contributed by atoms with Gasteiger partial charge in [0.15, 0.2) is 0 Å². The molecule has 0 radical (unpaired) electrons. The Morgan fingerprint density at radius 3 is 1.23 bits per heavy atom. The Kier molecular flexibility index (Phi) is 19.7. The molecular weight excluding hydrogens is 284 g/mol. The first-order chi connectivity index (χ1) is 10.8. The fourth-order valence-corrected chi connectivity index (χ4v) is 4.25. The second-order valence-electron chi connectivity index (χ2n) is 6.91. The Bertz CT molecular complexity index is 186. The molecule has 22 heavy (non-hydrogen) atoms. The molecule has 0 aliphatic rings. The van der Waals surface area contributed by atoms with E-state index in [1.165, 1.54) is 108 Å². The van der Waals surface area contributed by atoms with Gasteiger partial charge in [-0.05, 0) is 25.0 Å². The van der Waals surface area contributed by atoms with Crippen LogP contribution in [0.1, 0.15) is 124 Å². The van der Waals surface area contributed by atoms with Gasteiger partial charge in [-0.3, -0.25) is 0 Å². The predicted molar refractivity (Wildman–Crippen MR) is 107 cm³/mol. The molecule has 0 saturated heterocycles.